The summed E-state index contributed by atoms with van der Waals surface area (Å²) >= 11 is 0. The SMILES string of the molecule is CCOC(=O)C1C(C)N(C)C(C)(C#N)C(C#N)(C(=O)OCC)C1c1ccccc1. The predicted molar refractivity (Wildman–Crippen MR) is 105 cm³/mol. The Morgan fingerprint density at radius 1 is 1.10 bits per heavy atom. The van der Waals surface area contributed by atoms with E-state index in [1.54, 1.807) is 63.9 Å². The number of likely N-dealkylation sites (tertiary alicyclic amines) is 1. The zero-order valence-corrected chi connectivity index (χ0v) is 17.5. The highest BCUT2D eigenvalue weighted by molar-refractivity contribution is 5.87. The molecular formula is C22H27N3O4. The summed E-state index contributed by atoms with van der Waals surface area (Å²) in [6.45, 7) is 6.92. The van der Waals surface area contributed by atoms with Gasteiger partial charge in [0.05, 0.1) is 31.3 Å². The van der Waals surface area contributed by atoms with Crippen molar-refractivity contribution in [3.8, 4) is 12.1 Å². The Hall–Kier alpha value is -2.90. The second kappa shape index (κ2) is 8.63. The fraction of sp³-hybridized carbons (Fsp3) is 0.545. The lowest BCUT2D eigenvalue weighted by Crippen LogP contribution is -2.71. The first kappa shape index (κ1) is 22.4. The summed E-state index contributed by atoms with van der Waals surface area (Å²) in [5.41, 5.74) is -2.85. The number of nitriles is 2. The number of ether oxygens (including phenoxy) is 2. The van der Waals surface area contributed by atoms with Crippen LogP contribution in [0.4, 0.5) is 0 Å². The molecule has 0 bridgehead atoms. The molecule has 1 aromatic carbocycles. The van der Waals surface area contributed by atoms with Crippen molar-refractivity contribution in [2.24, 2.45) is 11.3 Å². The Morgan fingerprint density at radius 3 is 2.17 bits per heavy atom. The number of nitrogens with zero attached hydrogens (tertiary/aromatic N) is 3. The van der Waals surface area contributed by atoms with Crippen molar-refractivity contribution in [1.29, 1.82) is 10.5 Å². The van der Waals surface area contributed by atoms with E-state index in [-0.39, 0.29) is 13.2 Å². The summed E-state index contributed by atoms with van der Waals surface area (Å²) < 4.78 is 10.6. The first-order valence-electron chi connectivity index (χ1n) is 9.71. The minimum absolute atomic E-state index is 0.0502. The van der Waals surface area contributed by atoms with Crippen LogP contribution in [0.15, 0.2) is 30.3 Å². The van der Waals surface area contributed by atoms with Gasteiger partial charge in [0.2, 0.25) is 0 Å². The molecule has 1 saturated heterocycles. The maximum absolute atomic E-state index is 13.3. The Bertz CT molecular complexity index is 844. The van der Waals surface area contributed by atoms with E-state index in [4.69, 9.17) is 9.47 Å². The molecule has 0 amide bonds. The van der Waals surface area contributed by atoms with Crippen molar-refractivity contribution < 1.29 is 19.1 Å². The van der Waals surface area contributed by atoms with Gasteiger partial charge in [0, 0.05) is 12.0 Å². The van der Waals surface area contributed by atoms with Gasteiger partial charge in [0.1, 0.15) is 5.54 Å². The summed E-state index contributed by atoms with van der Waals surface area (Å²) in [5.74, 6) is -3.08. The Balaban J connectivity index is 2.90. The topological polar surface area (TPSA) is 103 Å². The van der Waals surface area contributed by atoms with Crippen LogP contribution in [0.1, 0.15) is 39.2 Å². The number of carbonyl (C=O) groups is 2. The van der Waals surface area contributed by atoms with Crippen molar-refractivity contribution in [2.45, 2.75) is 45.2 Å². The number of piperidine rings is 1. The van der Waals surface area contributed by atoms with Crippen LogP contribution in [-0.4, -0.2) is 48.7 Å². The normalized spacial score (nSPS) is 31.9. The molecular weight excluding hydrogens is 370 g/mol. The first-order valence-corrected chi connectivity index (χ1v) is 9.71. The summed E-state index contributed by atoms with van der Waals surface area (Å²) in [7, 11) is 1.65. The van der Waals surface area contributed by atoms with Crippen molar-refractivity contribution in [3.05, 3.63) is 35.9 Å². The lowest BCUT2D eigenvalue weighted by molar-refractivity contribution is -0.176. The molecule has 154 valence electrons. The minimum atomic E-state index is -1.93. The van der Waals surface area contributed by atoms with E-state index in [9.17, 15) is 20.1 Å². The monoisotopic (exact) mass is 397 g/mol. The highest BCUT2D eigenvalue weighted by atomic mass is 16.5. The minimum Gasteiger partial charge on any atom is -0.466 e. The van der Waals surface area contributed by atoms with Crippen LogP contribution in [0, 0.1) is 34.0 Å². The van der Waals surface area contributed by atoms with Gasteiger partial charge in [0.25, 0.3) is 0 Å². The van der Waals surface area contributed by atoms with Gasteiger partial charge in [-0.3, -0.25) is 14.5 Å². The van der Waals surface area contributed by atoms with E-state index in [0.29, 0.717) is 5.56 Å². The largest absolute Gasteiger partial charge is 0.466 e. The maximum Gasteiger partial charge on any atom is 0.330 e. The van der Waals surface area contributed by atoms with Crippen LogP contribution in [0.2, 0.25) is 0 Å². The Kier molecular flexibility index (Phi) is 6.66. The molecule has 0 N–H and O–H groups in total. The van der Waals surface area contributed by atoms with Gasteiger partial charge in [0.15, 0.2) is 5.41 Å². The lowest BCUT2D eigenvalue weighted by Gasteiger charge is -2.56. The van der Waals surface area contributed by atoms with E-state index in [0.717, 1.165) is 0 Å². The van der Waals surface area contributed by atoms with E-state index < -0.39 is 40.8 Å². The highest BCUT2D eigenvalue weighted by Gasteiger charge is 2.70. The third-order valence-electron chi connectivity index (χ3n) is 6.14. The van der Waals surface area contributed by atoms with Crippen LogP contribution in [0.25, 0.3) is 0 Å². The summed E-state index contributed by atoms with van der Waals surface area (Å²) in [6, 6.07) is 12.7. The smallest absolute Gasteiger partial charge is 0.330 e. The molecule has 5 unspecified atom stereocenters. The number of hydrogen-bond acceptors (Lipinski definition) is 7. The zero-order chi connectivity index (χ0) is 21.8. The second-order valence-corrected chi connectivity index (χ2v) is 7.34. The zero-order valence-electron chi connectivity index (χ0n) is 17.5. The average molecular weight is 397 g/mol. The number of hydrogen-bond donors (Lipinski definition) is 0. The van der Waals surface area contributed by atoms with Gasteiger partial charge >= 0.3 is 11.9 Å². The molecule has 0 aromatic heterocycles. The van der Waals surface area contributed by atoms with Gasteiger partial charge in [-0.25, -0.2) is 0 Å². The summed E-state index contributed by atoms with van der Waals surface area (Å²) in [6.07, 6.45) is 0. The van der Waals surface area contributed by atoms with E-state index in [2.05, 4.69) is 12.1 Å². The Labute approximate surface area is 171 Å². The van der Waals surface area contributed by atoms with Gasteiger partial charge < -0.3 is 9.47 Å². The number of carbonyl (C=O) groups excluding carboxylic acids is 2. The van der Waals surface area contributed by atoms with Crippen LogP contribution in [0.3, 0.4) is 0 Å². The predicted octanol–water partition coefficient (Wildman–Crippen LogP) is 2.64. The molecule has 0 aliphatic carbocycles. The van der Waals surface area contributed by atoms with Crippen LogP contribution in [0.5, 0.6) is 0 Å². The van der Waals surface area contributed by atoms with Crippen LogP contribution >= 0.6 is 0 Å². The molecule has 1 fully saturated rings. The molecule has 7 heteroatoms. The lowest BCUT2D eigenvalue weighted by atomic mass is 9.53. The van der Waals surface area contributed by atoms with Crippen LogP contribution < -0.4 is 0 Å². The first-order chi connectivity index (χ1) is 13.8. The molecule has 0 radical (unpaired) electrons. The van der Waals surface area contributed by atoms with Crippen molar-refractivity contribution >= 4 is 11.9 Å². The third-order valence-corrected chi connectivity index (χ3v) is 6.14. The molecule has 1 heterocycles. The quantitative estimate of drug-likeness (QED) is 0.704. The fourth-order valence-corrected chi connectivity index (χ4v) is 4.43. The summed E-state index contributed by atoms with van der Waals surface area (Å²) in [4.78, 5) is 28.0. The van der Waals surface area contributed by atoms with Gasteiger partial charge in [-0.1, -0.05) is 30.3 Å². The molecule has 0 spiro atoms. The second-order valence-electron chi connectivity index (χ2n) is 7.34. The molecule has 0 saturated carbocycles. The van der Waals surface area contributed by atoms with E-state index in [1.807, 2.05) is 6.07 Å². The van der Waals surface area contributed by atoms with E-state index in [1.165, 1.54) is 0 Å². The molecule has 1 aromatic rings. The fourth-order valence-electron chi connectivity index (χ4n) is 4.43. The van der Waals surface area contributed by atoms with Crippen molar-refractivity contribution in [1.82, 2.24) is 4.90 Å². The maximum atomic E-state index is 13.3. The summed E-state index contributed by atoms with van der Waals surface area (Å²) in [5, 5.41) is 20.5. The van der Waals surface area contributed by atoms with E-state index >= 15 is 0 Å². The standard InChI is InChI=1S/C22H27N3O4/c1-6-28-19(26)17-15(3)25(5)21(4,13-23)22(14-24,20(27)29-7-2)18(17)16-11-9-8-10-12-16/h8-12,15,17-18H,6-7H2,1-5H3. The molecule has 2 rings (SSSR count). The molecule has 7 nitrogen and oxygen atoms in total. The van der Waals surface area contributed by atoms with Crippen molar-refractivity contribution in [3.63, 3.8) is 0 Å². The third kappa shape index (κ3) is 3.26. The number of rotatable bonds is 5. The highest BCUT2D eigenvalue weighted by Crippen LogP contribution is 2.56. The average Bonchev–Trinajstić information content (AvgIpc) is 2.72. The molecule has 1 aliphatic heterocycles. The molecule has 29 heavy (non-hydrogen) atoms. The Morgan fingerprint density at radius 2 is 1.69 bits per heavy atom. The molecule has 1 aliphatic rings. The number of benzene rings is 1. The van der Waals surface area contributed by atoms with Gasteiger partial charge in [-0.05, 0) is 40.3 Å². The van der Waals surface area contributed by atoms with Gasteiger partial charge in [-0.15, -0.1) is 0 Å². The number of esters is 2. The van der Waals surface area contributed by atoms with Crippen LogP contribution in [-0.2, 0) is 19.1 Å². The van der Waals surface area contributed by atoms with Crippen molar-refractivity contribution in [2.75, 3.05) is 20.3 Å². The van der Waals surface area contributed by atoms with Gasteiger partial charge in [-0.2, -0.15) is 10.5 Å². The molecule has 5 atom stereocenters.